The molecule has 1 aromatic carbocycles. The van der Waals surface area contributed by atoms with E-state index in [2.05, 4.69) is 15.9 Å². The highest BCUT2D eigenvalue weighted by molar-refractivity contribution is 9.10. The van der Waals surface area contributed by atoms with Crippen molar-refractivity contribution in [3.05, 3.63) is 28.5 Å². The molecule has 1 aromatic rings. The summed E-state index contributed by atoms with van der Waals surface area (Å²) in [4.78, 5) is 11.3. The van der Waals surface area contributed by atoms with Crippen LogP contribution in [-0.2, 0) is 9.53 Å². The van der Waals surface area contributed by atoms with Crippen LogP contribution in [0.15, 0.2) is 22.7 Å². The number of benzene rings is 1. The first-order valence-electron chi connectivity index (χ1n) is 4.69. The Morgan fingerprint density at radius 2 is 2.35 bits per heavy atom. The van der Waals surface area contributed by atoms with Crippen molar-refractivity contribution in [1.29, 1.82) is 0 Å². The zero-order valence-electron chi connectivity index (χ0n) is 9.07. The smallest absolute Gasteiger partial charge is 0.277 e. The largest absolute Gasteiger partial charge is 0.475 e. The van der Waals surface area contributed by atoms with Crippen molar-refractivity contribution in [3.8, 4) is 5.75 Å². The highest BCUT2D eigenvalue weighted by Gasteiger charge is 2.21. The minimum atomic E-state index is -1.01. The number of methoxy groups -OCH3 is 1. The Labute approximate surface area is 106 Å². The van der Waals surface area contributed by atoms with Crippen LogP contribution in [0.25, 0.3) is 0 Å². The summed E-state index contributed by atoms with van der Waals surface area (Å²) < 4.78 is 24.0. The van der Waals surface area contributed by atoms with E-state index in [0.717, 1.165) is 0 Å². The molecule has 1 atom stereocenters. The molecule has 0 saturated carbocycles. The fourth-order valence-corrected chi connectivity index (χ4v) is 1.47. The average molecular weight is 307 g/mol. The van der Waals surface area contributed by atoms with Crippen LogP contribution in [0.1, 0.15) is 0 Å². The molecule has 1 amide bonds. The van der Waals surface area contributed by atoms with Crippen LogP contribution >= 0.6 is 15.9 Å². The summed E-state index contributed by atoms with van der Waals surface area (Å²) in [7, 11) is 1.40. The first-order valence-corrected chi connectivity index (χ1v) is 5.49. The maximum Gasteiger partial charge on any atom is 0.277 e. The molecule has 0 radical (unpaired) electrons. The van der Waals surface area contributed by atoms with Crippen LogP contribution in [0.2, 0.25) is 0 Å². The lowest BCUT2D eigenvalue weighted by Crippen LogP contribution is -2.44. The van der Waals surface area contributed by atoms with E-state index >= 15 is 0 Å². The summed E-state index contributed by atoms with van der Waals surface area (Å²) in [5.41, 5.74) is 1.93. The highest BCUT2D eigenvalue weighted by Crippen LogP contribution is 2.23. The van der Waals surface area contributed by atoms with Gasteiger partial charge in [-0.3, -0.25) is 10.2 Å². The van der Waals surface area contributed by atoms with Gasteiger partial charge in [0.2, 0.25) is 6.10 Å². The van der Waals surface area contributed by atoms with E-state index in [1.807, 2.05) is 5.43 Å². The zero-order chi connectivity index (χ0) is 12.8. The first kappa shape index (κ1) is 13.9. The van der Waals surface area contributed by atoms with Crippen LogP contribution in [0.5, 0.6) is 5.75 Å². The standard InChI is InChI=1S/C10H12BrFN2O3/c1-16-5-9(10(15)14-13)17-8-4-6(11)2-3-7(8)12/h2-4,9H,5,13H2,1H3,(H,14,15). The quantitative estimate of drug-likeness (QED) is 0.483. The number of rotatable bonds is 5. The molecule has 0 aliphatic heterocycles. The van der Waals surface area contributed by atoms with E-state index in [0.29, 0.717) is 4.47 Å². The monoisotopic (exact) mass is 306 g/mol. The molecule has 0 aromatic heterocycles. The molecule has 0 bridgehead atoms. The second-order valence-electron chi connectivity index (χ2n) is 3.15. The normalized spacial score (nSPS) is 12.0. The molecular formula is C10H12BrFN2O3. The number of hydrogen-bond acceptors (Lipinski definition) is 4. The Balaban J connectivity index is 2.85. The summed E-state index contributed by atoms with van der Waals surface area (Å²) in [5.74, 6) is 3.77. The Morgan fingerprint density at radius 1 is 1.65 bits per heavy atom. The number of nitrogens with one attached hydrogen (secondary N) is 1. The van der Waals surface area contributed by atoms with Gasteiger partial charge >= 0.3 is 0 Å². The van der Waals surface area contributed by atoms with Crippen molar-refractivity contribution in [2.45, 2.75) is 6.10 Å². The van der Waals surface area contributed by atoms with Gasteiger partial charge in [0.1, 0.15) is 0 Å². The first-order chi connectivity index (χ1) is 8.08. The molecule has 0 fully saturated rings. The Kier molecular flexibility index (Phi) is 5.33. The fourth-order valence-electron chi connectivity index (χ4n) is 1.13. The van der Waals surface area contributed by atoms with Gasteiger partial charge in [0, 0.05) is 11.6 Å². The number of carbonyl (C=O) groups is 1. The second kappa shape index (κ2) is 6.53. The van der Waals surface area contributed by atoms with Crippen LogP contribution < -0.4 is 16.0 Å². The van der Waals surface area contributed by atoms with Gasteiger partial charge in [-0.15, -0.1) is 0 Å². The van der Waals surface area contributed by atoms with Crippen LogP contribution in [-0.4, -0.2) is 25.7 Å². The van der Waals surface area contributed by atoms with E-state index in [1.165, 1.54) is 25.3 Å². The average Bonchev–Trinajstić information content (AvgIpc) is 2.32. The number of nitrogens with two attached hydrogens (primary N) is 1. The molecule has 0 spiro atoms. The second-order valence-corrected chi connectivity index (χ2v) is 4.06. The summed E-state index contributed by atoms with van der Waals surface area (Å²) in [6.07, 6.45) is -1.01. The molecule has 3 N–H and O–H groups in total. The maximum atomic E-state index is 13.4. The van der Waals surface area contributed by atoms with Crippen molar-refractivity contribution >= 4 is 21.8 Å². The third kappa shape index (κ3) is 3.95. The topological polar surface area (TPSA) is 73.6 Å². The SMILES string of the molecule is COCC(Oc1cc(Br)ccc1F)C(=O)NN. The van der Waals surface area contributed by atoms with Gasteiger partial charge in [-0.05, 0) is 18.2 Å². The summed E-state index contributed by atoms with van der Waals surface area (Å²) in [6.45, 7) is -0.0328. The van der Waals surface area contributed by atoms with Crippen LogP contribution in [0, 0.1) is 5.82 Å². The molecule has 1 rings (SSSR count). The predicted octanol–water partition coefficient (Wildman–Crippen LogP) is 0.972. The Hall–Kier alpha value is -1.18. The number of carbonyl (C=O) groups excluding carboxylic acids is 1. The van der Waals surface area contributed by atoms with Crippen molar-refractivity contribution in [3.63, 3.8) is 0 Å². The third-order valence-electron chi connectivity index (χ3n) is 1.92. The number of hydrogen-bond donors (Lipinski definition) is 2. The van der Waals surface area contributed by atoms with E-state index in [9.17, 15) is 9.18 Å². The van der Waals surface area contributed by atoms with Gasteiger partial charge in [-0.1, -0.05) is 15.9 Å². The molecule has 5 nitrogen and oxygen atoms in total. The summed E-state index contributed by atoms with van der Waals surface area (Å²) >= 11 is 3.18. The van der Waals surface area contributed by atoms with Gasteiger partial charge in [0.25, 0.3) is 5.91 Å². The lowest BCUT2D eigenvalue weighted by molar-refractivity contribution is -0.130. The summed E-state index contributed by atoms with van der Waals surface area (Å²) in [5, 5.41) is 0. The molecule has 0 heterocycles. The minimum absolute atomic E-state index is 0.0328. The molecule has 0 saturated heterocycles. The fraction of sp³-hybridized carbons (Fsp3) is 0.300. The molecule has 1 unspecified atom stereocenters. The van der Waals surface area contributed by atoms with E-state index in [-0.39, 0.29) is 12.4 Å². The molecule has 7 heteroatoms. The summed E-state index contributed by atoms with van der Waals surface area (Å²) in [6, 6.07) is 4.17. The van der Waals surface area contributed by atoms with Crippen molar-refractivity contribution in [2.24, 2.45) is 5.84 Å². The van der Waals surface area contributed by atoms with Crippen LogP contribution in [0.4, 0.5) is 4.39 Å². The number of hydrazine groups is 1. The van der Waals surface area contributed by atoms with Crippen molar-refractivity contribution < 1.29 is 18.7 Å². The number of halogens is 2. The van der Waals surface area contributed by atoms with Gasteiger partial charge in [0.05, 0.1) is 6.61 Å². The van der Waals surface area contributed by atoms with Gasteiger partial charge in [-0.25, -0.2) is 10.2 Å². The van der Waals surface area contributed by atoms with Crippen molar-refractivity contribution in [1.82, 2.24) is 5.43 Å². The van der Waals surface area contributed by atoms with Gasteiger partial charge in [0.15, 0.2) is 11.6 Å². The molecular weight excluding hydrogens is 295 g/mol. The molecule has 17 heavy (non-hydrogen) atoms. The zero-order valence-corrected chi connectivity index (χ0v) is 10.7. The minimum Gasteiger partial charge on any atom is -0.475 e. The van der Waals surface area contributed by atoms with E-state index in [4.69, 9.17) is 15.3 Å². The lowest BCUT2D eigenvalue weighted by atomic mass is 10.3. The molecule has 0 aliphatic carbocycles. The Bertz CT molecular complexity index is 403. The maximum absolute atomic E-state index is 13.4. The van der Waals surface area contributed by atoms with E-state index in [1.54, 1.807) is 0 Å². The van der Waals surface area contributed by atoms with Crippen LogP contribution in [0.3, 0.4) is 0 Å². The third-order valence-corrected chi connectivity index (χ3v) is 2.41. The number of amides is 1. The highest BCUT2D eigenvalue weighted by atomic mass is 79.9. The molecule has 0 aliphatic rings. The van der Waals surface area contributed by atoms with Gasteiger partial charge < -0.3 is 9.47 Å². The van der Waals surface area contributed by atoms with Gasteiger partial charge in [-0.2, -0.15) is 0 Å². The van der Waals surface area contributed by atoms with E-state index < -0.39 is 17.8 Å². The lowest BCUT2D eigenvalue weighted by Gasteiger charge is -2.17. The molecule has 94 valence electrons. The number of ether oxygens (including phenoxy) is 2. The van der Waals surface area contributed by atoms with Crippen molar-refractivity contribution in [2.75, 3.05) is 13.7 Å². The Morgan fingerprint density at radius 3 is 2.94 bits per heavy atom. The predicted molar refractivity (Wildman–Crippen MR) is 62.7 cm³/mol.